The molecule has 0 saturated heterocycles. The van der Waals surface area contributed by atoms with Gasteiger partial charge in [0, 0.05) is 20.6 Å². The Bertz CT molecular complexity index is 1540. The van der Waals surface area contributed by atoms with Crippen molar-refractivity contribution in [1.29, 1.82) is 0 Å². The number of carbonyl (C=O) groups excluding carboxylic acids is 1. The lowest BCUT2D eigenvalue weighted by atomic mass is 10.0. The van der Waals surface area contributed by atoms with Gasteiger partial charge in [-0.05, 0) is 47.5 Å². The SMILES string of the molecule is Cc1sc2ncn(CC(=O)Nc3ccc4ccccc4c3)c(=O)c2c1-c1ccc(Br)cc1. The van der Waals surface area contributed by atoms with Gasteiger partial charge < -0.3 is 5.32 Å². The van der Waals surface area contributed by atoms with E-state index < -0.39 is 0 Å². The number of aromatic nitrogens is 2. The summed E-state index contributed by atoms with van der Waals surface area (Å²) in [7, 11) is 0. The van der Waals surface area contributed by atoms with E-state index in [-0.39, 0.29) is 18.0 Å². The van der Waals surface area contributed by atoms with Crippen LogP contribution in [0.1, 0.15) is 4.88 Å². The number of thiophene rings is 1. The van der Waals surface area contributed by atoms with E-state index in [1.165, 1.54) is 22.2 Å². The maximum Gasteiger partial charge on any atom is 0.263 e. The fourth-order valence-electron chi connectivity index (χ4n) is 3.84. The average Bonchev–Trinajstić information content (AvgIpc) is 3.13. The van der Waals surface area contributed by atoms with Gasteiger partial charge in [0.1, 0.15) is 11.4 Å². The maximum absolute atomic E-state index is 13.3. The largest absolute Gasteiger partial charge is 0.325 e. The van der Waals surface area contributed by atoms with Gasteiger partial charge in [-0.2, -0.15) is 0 Å². The monoisotopic (exact) mass is 503 g/mol. The highest BCUT2D eigenvalue weighted by molar-refractivity contribution is 9.10. The van der Waals surface area contributed by atoms with Crippen molar-refractivity contribution in [2.75, 3.05) is 5.32 Å². The molecule has 0 bridgehead atoms. The van der Waals surface area contributed by atoms with Crippen molar-refractivity contribution in [3.63, 3.8) is 0 Å². The van der Waals surface area contributed by atoms with Crippen molar-refractivity contribution in [2.45, 2.75) is 13.5 Å². The molecular formula is C25H18BrN3O2S. The molecule has 0 atom stereocenters. The average molecular weight is 504 g/mol. The van der Waals surface area contributed by atoms with Crippen molar-refractivity contribution in [2.24, 2.45) is 0 Å². The van der Waals surface area contributed by atoms with Gasteiger partial charge in [0.15, 0.2) is 0 Å². The number of aryl methyl sites for hydroxylation is 1. The summed E-state index contributed by atoms with van der Waals surface area (Å²) in [6.07, 6.45) is 1.45. The number of nitrogens with one attached hydrogen (secondary N) is 1. The van der Waals surface area contributed by atoms with Crippen molar-refractivity contribution in [1.82, 2.24) is 9.55 Å². The zero-order valence-corrected chi connectivity index (χ0v) is 19.5. The zero-order valence-electron chi connectivity index (χ0n) is 17.1. The summed E-state index contributed by atoms with van der Waals surface area (Å²) in [4.78, 5) is 32.2. The molecule has 5 nitrogen and oxygen atoms in total. The third kappa shape index (κ3) is 3.85. The summed E-state index contributed by atoms with van der Waals surface area (Å²) >= 11 is 4.94. The Morgan fingerprint density at radius 3 is 2.59 bits per heavy atom. The van der Waals surface area contributed by atoms with Crippen molar-refractivity contribution in [3.8, 4) is 11.1 Å². The van der Waals surface area contributed by atoms with Crippen molar-refractivity contribution in [3.05, 3.63) is 92.8 Å². The minimum atomic E-state index is -0.277. The molecule has 0 saturated carbocycles. The molecule has 1 amide bonds. The number of amides is 1. The molecule has 3 aromatic carbocycles. The first-order valence-corrected chi connectivity index (χ1v) is 11.6. The normalized spacial score (nSPS) is 11.2. The van der Waals surface area contributed by atoms with Gasteiger partial charge >= 0.3 is 0 Å². The second kappa shape index (κ2) is 8.33. The second-order valence-electron chi connectivity index (χ2n) is 7.51. The van der Waals surface area contributed by atoms with E-state index in [4.69, 9.17) is 0 Å². The maximum atomic E-state index is 13.3. The Hall–Kier alpha value is -3.29. The molecule has 0 aliphatic heterocycles. The van der Waals surface area contributed by atoms with Crippen LogP contribution in [0.2, 0.25) is 0 Å². The number of carbonyl (C=O) groups is 1. The van der Waals surface area contributed by atoms with E-state index in [2.05, 4.69) is 26.2 Å². The summed E-state index contributed by atoms with van der Waals surface area (Å²) in [5.41, 5.74) is 2.30. The van der Waals surface area contributed by atoms with E-state index in [1.54, 1.807) is 0 Å². The molecule has 0 spiro atoms. The number of anilines is 1. The highest BCUT2D eigenvalue weighted by atomic mass is 79.9. The van der Waals surface area contributed by atoms with Gasteiger partial charge in [-0.1, -0.05) is 58.4 Å². The fraction of sp³-hybridized carbons (Fsp3) is 0.0800. The number of hydrogen-bond acceptors (Lipinski definition) is 4. The Kier molecular flexibility index (Phi) is 5.36. The standard InChI is InChI=1S/C25H18BrN3O2S/c1-15-22(17-6-9-19(26)10-7-17)23-24(32-15)27-14-29(25(23)31)13-21(30)28-20-11-8-16-4-2-3-5-18(16)12-20/h2-12,14H,13H2,1H3,(H,28,30). The first-order chi connectivity index (χ1) is 15.5. The molecule has 0 unspecified atom stereocenters. The second-order valence-corrected chi connectivity index (χ2v) is 9.63. The summed E-state index contributed by atoms with van der Waals surface area (Å²) in [5, 5.41) is 5.58. The van der Waals surface area contributed by atoms with Crippen LogP contribution in [0.25, 0.3) is 32.1 Å². The van der Waals surface area contributed by atoms with Crippen LogP contribution in [0.4, 0.5) is 5.69 Å². The predicted molar refractivity (Wildman–Crippen MR) is 134 cm³/mol. The van der Waals surface area contributed by atoms with Gasteiger partial charge in [-0.15, -0.1) is 11.3 Å². The Balaban J connectivity index is 1.47. The summed E-state index contributed by atoms with van der Waals surface area (Å²) in [6.45, 7) is 1.88. The molecule has 5 rings (SSSR count). The molecule has 2 aromatic heterocycles. The minimum Gasteiger partial charge on any atom is -0.325 e. The summed E-state index contributed by atoms with van der Waals surface area (Å²) in [5.74, 6) is -0.277. The predicted octanol–water partition coefficient (Wildman–Crippen LogP) is 5.99. The zero-order chi connectivity index (χ0) is 22.2. The highest BCUT2D eigenvalue weighted by Gasteiger charge is 2.18. The first kappa shape index (κ1) is 20.6. The van der Waals surface area contributed by atoms with E-state index >= 15 is 0 Å². The lowest BCUT2D eigenvalue weighted by Crippen LogP contribution is -2.27. The molecule has 158 valence electrons. The van der Waals surface area contributed by atoms with Crippen molar-refractivity contribution >= 4 is 59.9 Å². The van der Waals surface area contributed by atoms with E-state index in [1.807, 2.05) is 73.7 Å². The van der Waals surface area contributed by atoms with Gasteiger partial charge in [-0.25, -0.2) is 4.98 Å². The first-order valence-electron chi connectivity index (χ1n) is 10.0. The van der Waals surface area contributed by atoms with Crippen LogP contribution in [0.5, 0.6) is 0 Å². The third-order valence-electron chi connectivity index (χ3n) is 5.33. The molecule has 1 N–H and O–H groups in total. The number of halogens is 1. The quantitative estimate of drug-likeness (QED) is 0.327. The van der Waals surface area contributed by atoms with Crippen LogP contribution >= 0.6 is 27.3 Å². The lowest BCUT2D eigenvalue weighted by Gasteiger charge is -2.09. The molecule has 0 fully saturated rings. The third-order valence-corrected chi connectivity index (χ3v) is 6.88. The topological polar surface area (TPSA) is 64.0 Å². The van der Waals surface area contributed by atoms with E-state index in [9.17, 15) is 9.59 Å². The van der Waals surface area contributed by atoms with Crippen LogP contribution < -0.4 is 10.9 Å². The van der Waals surface area contributed by atoms with Gasteiger partial charge in [0.25, 0.3) is 5.56 Å². The van der Waals surface area contributed by atoms with Gasteiger partial charge in [0.2, 0.25) is 5.91 Å². The molecule has 2 heterocycles. The Morgan fingerprint density at radius 2 is 1.81 bits per heavy atom. The molecule has 5 aromatic rings. The van der Waals surface area contributed by atoms with Crippen LogP contribution in [-0.4, -0.2) is 15.5 Å². The van der Waals surface area contributed by atoms with Crippen LogP contribution in [0.3, 0.4) is 0 Å². The number of nitrogens with zero attached hydrogens (tertiary/aromatic N) is 2. The minimum absolute atomic E-state index is 0.108. The lowest BCUT2D eigenvalue weighted by molar-refractivity contribution is -0.116. The molecule has 32 heavy (non-hydrogen) atoms. The number of rotatable bonds is 4. The fourth-order valence-corrected chi connectivity index (χ4v) is 5.10. The highest BCUT2D eigenvalue weighted by Crippen LogP contribution is 2.35. The number of benzene rings is 3. The molecule has 0 radical (unpaired) electrons. The molecule has 0 aliphatic rings. The van der Waals surface area contributed by atoms with Gasteiger partial charge in [-0.3, -0.25) is 14.2 Å². The molecule has 0 aliphatic carbocycles. The van der Waals surface area contributed by atoms with E-state index in [0.29, 0.717) is 15.9 Å². The number of fused-ring (bicyclic) bond motifs is 2. The Morgan fingerprint density at radius 1 is 1.06 bits per heavy atom. The molecule has 7 heteroatoms. The van der Waals surface area contributed by atoms with Crippen molar-refractivity contribution < 1.29 is 4.79 Å². The smallest absolute Gasteiger partial charge is 0.263 e. The van der Waals surface area contributed by atoms with E-state index in [0.717, 1.165) is 31.2 Å². The molecular weight excluding hydrogens is 486 g/mol. The Labute approximate surface area is 196 Å². The van der Waals surface area contributed by atoms with Crippen LogP contribution in [-0.2, 0) is 11.3 Å². The van der Waals surface area contributed by atoms with Gasteiger partial charge in [0.05, 0.1) is 11.7 Å². The number of hydrogen-bond donors (Lipinski definition) is 1. The summed E-state index contributed by atoms with van der Waals surface area (Å²) in [6, 6.07) is 21.5. The van der Waals surface area contributed by atoms with Crippen LogP contribution in [0, 0.1) is 6.92 Å². The summed E-state index contributed by atoms with van der Waals surface area (Å²) < 4.78 is 2.34. The van der Waals surface area contributed by atoms with Crippen LogP contribution in [0.15, 0.2) is 82.3 Å².